The summed E-state index contributed by atoms with van der Waals surface area (Å²) in [4.78, 5) is 25.6. The molecule has 0 aliphatic rings. The quantitative estimate of drug-likeness (QED) is 0.791. The summed E-state index contributed by atoms with van der Waals surface area (Å²) in [5.74, 6) is 1.21. The molecule has 0 unspecified atom stereocenters. The van der Waals surface area contributed by atoms with E-state index in [1.807, 2.05) is 19.1 Å². The van der Waals surface area contributed by atoms with Crippen molar-refractivity contribution in [3.05, 3.63) is 40.8 Å². The van der Waals surface area contributed by atoms with Crippen molar-refractivity contribution in [1.82, 2.24) is 19.5 Å². The number of nitrogens with zero attached hydrogens (tertiary/aromatic N) is 4. The molecule has 0 bridgehead atoms. The second-order valence-corrected chi connectivity index (χ2v) is 4.99. The standard InChI is InChI=1S/C16H17N5O2/c1-4-17-16-18-9-12-14(20-16)21(2)15(22)13(19-12)10-5-7-11(23-3)8-6-10/h5-9H,4H2,1-3H3,(H,17,18,20). The second-order valence-electron chi connectivity index (χ2n) is 4.99. The molecule has 1 aromatic carbocycles. The Hall–Kier alpha value is -2.96. The number of hydrogen-bond donors (Lipinski definition) is 1. The molecule has 0 saturated carbocycles. The van der Waals surface area contributed by atoms with E-state index >= 15 is 0 Å². The molecular formula is C16H17N5O2. The Balaban J connectivity index is 2.16. The summed E-state index contributed by atoms with van der Waals surface area (Å²) in [6.45, 7) is 2.66. The van der Waals surface area contributed by atoms with Crippen LogP contribution < -0.4 is 15.6 Å². The van der Waals surface area contributed by atoms with E-state index < -0.39 is 0 Å². The van der Waals surface area contributed by atoms with Crippen molar-refractivity contribution in [3.8, 4) is 17.0 Å². The molecule has 0 radical (unpaired) electrons. The van der Waals surface area contributed by atoms with Gasteiger partial charge in [0.05, 0.1) is 13.3 Å². The molecule has 0 spiro atoms. The van der Waals surface area contributed by atoms with Gasteiger partial charge in [-0.15, -0.1) is 0 Å². The third-order valence-electron chi connectivity index (χ3n) is 3.51. The number of rotatable bonds is 4. The van der Waals surface area contributed by atoms with Gasteiger partial charge < -0.3 is 10.1 Å². The topological polar surface area (TPSA) is 81.9 Å². The largest absolute Gasteiger partial charge is 0.497 e. The fraction of sp³-hybridized carbons (Fsp3) is 0.250. The van der Waals surface area contributed by atoms with E-state index in [-0.39, 0.29) is 5.56 Å². The van der Waals surface area contributed by atoms with Crippen molar-refractivity contribution in [2.45, 2.75) is 6.92 Å². The van der Waals surface area contributed by atoms with E-state index in [1.54, 1.807) is 32.5 Å². The van der Waals surface area contributed by atoms with Gasteiger partial charge in [0.2, 0.25) is 5.95 Å². The predicted octanol–water partition coefficient (Wildman–Crippen LogP) is 1.83. The first-order valence-electron chi connectivity index (χ1n) is 7.26. The van der Waals surface area contributed by atoms with Crippen LogP contribution in [-0.2, 0) is 7.05 Å². The Bertz CT molecular complexity index is 903. The SMILES string of the molecule is CCNc1ncc2nc(-c3ccc(OC)cc3)c(=O)n(C)c2n1. The van der Waals surface area contributed by atoms with Crippen molar-refractivity contribution in [1.29, 1.82) is 0 Å². The van der Waals surface area contributed by atoms with Gasteiger partial charge in [-0.05, 0) is 31.2 Å². The van der Waals surface area contributed by atoms with Crippen molar-refractivity contribution in [3.63, 3.8) is 0 Å². The molecule has 0 fully saturated rings. The summed E-state index contributed by atoms with van der Waals surface area (Å²) in [6.07, 6.45) is 1.62. The fourth-order valence-corrected chi connectivity index (χ4v) is 2.30. The van der Waals surface area contributed by atoms with Gasteiger partial charge in [0.25, 0.3) is 5.56 Å². The summed E-state index contributed by atoms with van der Waals surface area (Å²) in [6, 6.07) is 7.21. The van der Waals surface area contributed by atoms with Gasteiger partial charge in [0.15, 0.2) is 5.65 Å². The van der Waals surface area contributed by atoms with Crippen LogP contribution in [0, 0.1) is 0 Å². The number of aromatic nitrogens is 4. The van der Waals surface area contributed by atoms with Crippen LogP contribution in [0.2, 0.25) is 0 Å². The van der Waals surface area contributed by atoms with Crippen LogP contribution >= 0.6 is 0 Å². The van der Waals surface area contributed by atoms with Crippen LogP contribution in [0.3, 0.4) is 0 Å². The zero-order valence-electron chi connectivity index (χ0n) is 13.2. The first-order chi connectivity index (χ1) is 11.1. The zero-order chi connectivity index (χ0) is 16.4. The van der Waals surface area contributed by atoms with Gasteiger partial charge in [-0.1, -0.05) is 0 Å². The number of anilines is 1. The normalized spacial score (nSPS) is 10.7. The van der Waals surface area contributed by atoms with Gasteiger partial charge in [0.1, 0.15) is 17.0 Å². The molecule has 0 aliphatic carbocycles. The molecular weight excluding hydrogens is 294 g/mol. The zero-order valence-corrected chi connectivity index (χ0v) is 13.2. The number of ether oxygens (including phenoxy) is 1. The fourth-order valence-electron chi connectivity index (χ4n) is 2.30. The van der Waals surface area contributed by atoms with E-state index in [0.717, 1.165) is 11.3 Å². The van der Waals surface area contributed by atoms with Crippen LogP contribution in [0.15, 0.2) is 35.3 Å². The maximum atomic E-state index is 12.6. The van der Waals surface area contributed by atoms with Crippen molar-refractivity contribution >= 4 is 17.1 Å². The molecule has 2 heterocycles. The number of methoxy groups -OCH3 is 1. The Kier molecular flexibility index (Phi) is 3.92. The molecule has 3 rings (SSSR count). The summed E-state index contributed by atoms with van der Waals surface area (Å²) >= 11 is 0. The molecule has 0 amide bonds. The summed E-state index contributed by atoms with van der Waals surface area (Å²) in [5.41, 5.74) is 1.95. The Morgan fingerprint density at radius 1 is 1.22 bits per heavy atom. The highest BCUT2D eigenvalue weighted by Gasteiger charge is 2.12. The maximum absolute atomic E-state index is 12.6. The molecule has 0 saturated heterocycles. The lowest BCUT2D eigenvalue weighted by atomic mass is 10.1. The average molecular weight is 311 g/mol. The highest BCUT2D eigenvalue weighted by atomic mass is 16.5. The Morgan fingerprint density at radius 3 is 2.61 bits per heavy atom. The molecule has 118 valence electrons. The molecule has 7 heteroatoms. The highest BCUT2D eigenvalue weighted by Crippen LogP contribution is 2.20. The van der Waals surface area contributed by atoms with Crippen molar-refractivity contribution in [2.24, 2.45) is 7.05 Å². The van der Waals surface area contributed by atoms with Crippen molar-refractivity contribution < 1.29 is 4.74 Å². The third-order valence-corrected chi connectivity index (χ3v) is 3.51. The Labute approximate surface area is 133 Å². The van der Waals surface area contributed by atoms with E-state index in [4.69, 9.17) is 4.74 Å². The highest BCUT2D eigenvalue weighted by molar-refractivity contribution is 5.74. The number of hydrogen-bond acceptors (Lipinski definition) is 6. The molecule has 7 nitrogen and oxygen atoms in total. The van der Waals surface area contributed by atoms with E-state index in [0.29, 0.717) is 29.4 Å². The molecule has 2 aromatic heterocycles. The lowest BCUT2D eigenvalue weighted by molar-refractivity contribution is 0.415. The van der Waals surface area contributed by atoms with Crippen LogP contribution in [0.25, 0.3) is 22.4 Å². The third kappa shape index (κ3) is 2.73. The number of fused-ring (bicyclic) bond motifs is 1. The van der Waals surface area contributed by atoms with Crippen LogP contribution in [0.4, 0.5) is 5.95 Å². The van der Waals surface area contributed by atoms with Gasteiger partial charge >= 0.3 is 0 Å². The minimum Gasteiger partial charge on any atom is -0.497 e. The van der Waals surface area contributed by atoms with Gasteiger partial charge in [-0.2, -0.15) is 4.98 Å². The number of aryl methyl sites for hydroxylation is 1. The Morgan fingerprint density at radius 2 is 1.96 bits per heavy atom. The van der Waals surface area contributed by atoms with Crippen LogP contribution in [-0.4, -0.2) is 33.2 Å². The van der Waals surface area contributed by atoms with Gasteiger partial charge in [0, 0.05) is 19.2 Å². The molecule has 0 aliphatic heterocycles. The molecule has 0 atom stereocenters. The van der Waals surface area contributed by atoms with Crippen LogP contribution in [0.1, 0.15) is 6.92 Å². The van der Waals surface area contributed by atoms with E-state index in [2.05, 4.69) is 20.3 Å². The summed E-state index contributed by atoms with van der Waals surface area (Å²) in [7, 11) is 3.28. The van der Waals surface area contributed by atoms with Gasteiger partial charge in [-0.3, -0.25) is 9.36 Å². The molecule has 3 aromatic rings. The monoisotopic (exact) mass is 311 g/mol. The molecule has 23 heavy (non-hydrogen) atoms. The minimum absolute atomic E-state index is 0.205. The lowest BCUT2D eigenvalue weighted by Gasteiger charge is -2.09. The minimum atomic E-state index is -0.205. The molecule has 1 N–H and O–H groups in total. The first-order valence-corrected chi connectivity index (χ1v) is 7.26. The first kappa shape index (κ1) is 15.0. The number of nitrogens with one attached hydrogen (secondary N) is 1. The van der Waals surface area contributed by atoms with Gasteiger partial charge in [-0.25, -0.2) is 9.97 Å². The maximum Gasteiger partial charge on any atom is 0.278 e. The number of benzene rings is 1. The average Bonchev–Trinajstić information content (AvgIpc) is 2.59. The second kappa shape index (κ2) is 6.04. The van der Waals surface area contributed by atoms with Crippen molar-refractivity contribution in [2.75, 3.05) is 19.0 Å². The summed E-state index contributed by atoms with van der Waals surface area (Å²) in [5, 5.41) is 3.03. The summed E-state index contributed by atoms with van der Waals surface area (Å²) < 4.78 is 6.63. The van der Waals surface area contributed by atoms with Crippen LogP contribution in [0.5, 0.6) is 5.75 Å². The van der Waals surface area contributed by atoms with E-state index in [9.17, 15) is 4.79 Å². The smallest absolute Gasteiger partial charge is 0.278 e. The lowest BCUT2D eigenvalue weighted by Crippen LogP contribution is -2.22. The van der Waals surface area contributed by atoms with E-state index in [1.165, 1.54) is 4.57 Å². The predicted molar refractivity (Wildman–Crippen MR) is 88.7 cm³/mol.